The van der Waals surface area contributed by atoms with Crippen LogP contribution < -0.4 is 10.6 Å². The van der Waals surface area contributed by atoms with E-state index in [0.717, 1.165) is 54.6 Å². The molecule has 0 aliphatic carbocycles. The van der Waals surface area contributed by atoms with Crippen LogP contribution in [-0.4, -0.2) is 58.9 Å². The average Bonchev–Trinajstić information content (AvgIpc) is 3.70. The Labute approximate surface area is 248 Å². The van der Waals surface area contributed by atoms with Crippen molar-refractivity contribution in [2.45, 2.75) is 57.0 Å². The molecule has 42 heavy (non-hydrogen) atoms. The summed E-state index contributed by atoms with van der Waals surface area (Å²) >= 11 is 0. The zero-order chi connectivity index (χ0) is 28.9. The van der Waals surface area contributed by atoms with Crippen LogP contribution in [0.15, 0.2) is 85.1 Å². The predicted molar refractivity (Wildman–Crippen MR) is 169 cm³/mol. The van der Waals surface area contributed by atoms with E-state index in [-0.39, 0.29) is 17.9 Å². The number of hydrogen-bond donors (Lipinski definition) is 3. The maximum Gasteiger partial charge on any atom is 0.318 e. The highest BCUT2D eigenvalue weighted by molar-refractivity contribution is 5.98. The van der Waals surface area contributed by atoms with Crippen LogP contribution in [0.2, 0.25) is 0 Å². The van der Waals surface area contributed by atoms with Gasteiger partial charge in [0, 0.05) is 48.3 Å². The van der Waals surface area contributed by atoms with E-state index < -0.39 is 6.04 Å². The molecule has 2 saturated heterocycles. The number of fused-ring (bicyclic) bond motifs is 1. The minimum absolute atomic E-state index is 0.184. The fraction of sp³-hybridized carbons (Fsp3) is 0.371. The smallest absolute Gasteiger partial charge is 0.318 e. The van der Waals surface area contributed by atoms with Crippen molar-refractivity contribution in [1.82, 2.24) is 20.1 Å². The van der Waals surface area contributed by atoms with Crippen LogP contribution >= 0.6 is 0 Å². The van der Waals surface area contributed by atoms with Crippen LogP contribution in [0, 0.1) is 0 Å². The fourth-order valence-corrected chi connectivity index (χ4v) is 6.60. The number of para-hydroxylation sites is 1. The zero-order valence-electron chi connectivity index (χ0n) is 24.4. The molecule has 2 aliphatic rings. The van der Waals surface area contributed by atoms with Gasteiger partial charge in [0.25, 0.3) is 0 Å². The van der Waals surface area contributed by atoms with Gasteiger partial charge in [0.2, 0.25) is 5.91 Å². The van der Waals surface area contributed by atoms with Gasteiger partial charge in [0.1, 0.15) is 6.04 Å². The Morgan fingerprint density at radius 2 is 1.64 bits per heavy atom. The van der Waals surface area contributed by atoms with Gasteiger partial charge in [-0.15, -0.1) is 0 Å². The second kappa shape index (κ2) is 12.8. The molecule has 4 aromatic rings. The number of likely N-dealkylation sites (tertiary alicyclic amines) is 2. The summed E-state index contributed by atoms with van der Waals surface area (Å²) < 4.78 is 0. The number of carbonyl (C=O) groups is 2. The number of hydrogen-bond acceptors (Lipinski definition) is 3. The zero-order valence-corrected chi connectivity index (χ0v) is 24.4. The van der Waals surface area contributed by atoms with Crippen molar-refractivity contribution in [1.29, 1.82) is 0 Å². The van der Waals surface area contributed by atoms with Crippen LogP contribution in [0.1, 0.15) is 61.1 Å². The predicted octanol–water partition coefficient (Wildman–Crippen LogP) is 6.46. The van der Waals surface area contributed by atoms with E-state index in [9.17, 15) is 9.59 Å². The maximum atomic E-state index is 13.9. The minimum Gasteiger partial charge on any atom is -0.361 e. The average molecular weight is 564 g/mol. The molecule has 3 heterocycles. The maximum absolute atomic E-state index is 13.9. The number of nitrogens with zero attached hydrogens (tertiary/aromatic N) is 2. The number of rotatable bonds is 8. The van der Waals surface area contributed by atoms with E-state index in [2.05, 4.69) is 63.0 Å². The quantitative estimate of drug-likeness (QED) is 0.230. The molecule has 2 atom stereocenters. The molecule has 0 radical (unpaired) electrons. The van der Waals surface area contributed by atoms with Gasteiger partial charge in [0.05, 0.1) is 0 Å². The van der Waals surface area contributed by atoms with E-state index in [4.69, 9.17) is 0 Å². The number of H-pyrrole nitrogens is 1. The number of anilines is 1. The van der Waals surface area contributed by atoms with Crippen molar-refractivity contribution in [2.75, 3.05) is 31.5 Å². The third kappa shape index (κ3) is 6.36. The summed E-state index contributed by atoms with van der Waals surface area (Å²) in [5, 5.41) is 7.34. The number of piperidine rings is 1. The molecule has 1 aromatic heterocycles. The van der Waals surface area contributed by atoms with Crippen LogP contribution in [0.5, 0.6) is 0 Å². The third-order valence-corrected chi connectivity index (χ3v) is 9.03. The second-order valence-corrected chi connectivity index (χ2v) is 11.9. The second-order valence-electron chi connectivity index (χ2n) is 11.9. The molecule has 7 heteroatoms. The Morgan fingerprint density at radius 1 is 0.905 bits per heavy atom. The number of urea groups is 1. The standard InChI is InChI=1S/C35H41N5O2/c1-25(31-23-36-32-15-6-5-14-30(31)32)33(34(41)37-29-13-9-10-26(22-29)24-39-18-7-8-19-39)38-35(42)40-20-16-28(17-21-40)27-11-3-2-4-12-27/h2-6,9-15,22-23,25,28,33,36H,7-8,16-21,24H2,1H3,(H,37,41)(H,38,42)/t25-,33-/m1/s1. The number of aromatic nitrogens is 1. The van der Waals surface area contributed by atoms with Crippen molar-refractivity contribution in [2.24, 2.45) is 0 Å². The van der Waals surface area contributed by atoms with Crippen molar-refractivity contribution in [3.63, 3.8) is 0 Å². The SMILES string of the molecule is C[C@H](c1c[nH]c2ccccc12)[C@@H](NC(=O)N1CCC(c2ccccc2)CC1)C(=O)Nc1cccc(CN2CCCC2)c1. The molecule has 218 valence electrons. The largest absolute Gasteiger partial charge is 0.361 e. The first kappa shape index (κ1) is 28.0. The molecule has 2 fully saturated rings. The Bertz CT molecular complexity index is 1500. The first-order valence-corrected chi connectivity index (χ1v) is 15.3. The number of amides is 3. The van der Waals surface area contributed by atoms with Gasteiger partial charge >= 0.3 is 6.03 Å². The molecular formula is C35H41N5O2. The van der Waals surface area contributed by atoms with Gasteiger partial charge in [-0.25, -0.2) is 4.79 Å². The third-order valence-electron chi connectivity index (χ3n) is 9.03. The van der Waals surface area contributed by atoms with E-state index in [1.54, 1.807) is 0 Å². The summed E-state index contributed by atoms with van der Waals surface area (Å²) in [7, 11) is 0. The molecule has 7 nitrogen and oxygen atoms in total. The Hall–Kier alpha value is -4.10. The molecule has 2 aliphatic heterocycles. The van der Waals surface area contributed by atoms with E-state index in [0.29, 0.717) is 19.0 Å². The molecular weight excluding hydrogens is 522 g/mol. The molecule has 0 spiro atoms. The van der Waals surface area contributed by atoms with Gasteiger partial charge in [0.15, 0.2) is 0 Å². The Balaban J connectivity index is 1.18. The first-order chi connectivity index (χ1) is 20.5. The lowest BCUT2D eigenvalue weighted by Crippen LogP contribution is -2.53. The molecule has 3 amide bonds. The molecule has 0 saturated carbocycles. The van der Waals surface area contributed by atoms with E-state index in [1.807, 2.05) is 54.4 Å². The monoisotopic (exact) mass is 563 g/mol. The number of benzene rings is 3. The summed E-state index contributed by atoms with van der Waals surface area (Å²) in [6.07, 6.45) is 6.27. The summed E-state index contributed by atoms with van der Waals surface area (Å²) in [5.41, 5.74) is 5.29. The topological polar surface area (TPSA) is 80.5 Å². The first-order valence-electron chi connectivity index (χ1n) is 15.3. The summed E-state index contributed by atoms with van der Waals surface area (Å²) in [5.74, 6) is -0.00862. The van der Waals surface area contributed by atoms with Crippen molar-refractivity contribution >= 4 is 28.5 Å². The normalized spacial score (nSPS) is 17.7. The summed E-state index contributed by atoms with van der Waals surface area (Å²) in [4.78, 5) is 35.2. The van der Waals surface area contributed by atoms with Crippen LogP contribution in [-0.2, 0) is 11.3 Å². The van der Waals surface area contributed by atoms with Crippen LogP contribution in [0.3, 0.4) is 0 Å². The van der Waals surface area contributed by atoms with Crippen molar-refractivity contribution in [3.8, 4) is 0 Å². The summed E-state index contributed by atoms with van der Waals surface area (Å²) in [6, 6.07) is 25.8. The molecule has 3 N–H and O–H groups in total. The fourth-order valence-electron chi connectivity index (χ4n) is 6.60. The van der Waals surface area contributed by atoms with Gasteiger partial charge < -0.3 is 20.5 Å². The van der Waals surface area contributed by atoms with Crippen LogP contribution in [0.25, 0.3) is 10.9 Å². The lowest BCUT2D eigenvalue weighted by molar-refractivity contribution is -0.118. The minimum atomic E-state index is -0.745. The highest BCUT2D eigenvalue weighted by Gasteiger charge is 2.32. The molecule has 0 bridgehead atoms. The van der Waals surface area contributed by atoms with Crippen LogP contribution in [0.4, 0.5) is 10.5 Å². The molecule has 0 unspecified atom stereocenters. The lowest BCUT2D eigenvalue weighted by Gasteiger charge is -2.34. The Morgan fingerprint density at radius 3 is 2.43 bits per heavy atom. The van der Waals surface area contributed by atoms with Gasteiger partial charge in [-0.3, -0.25) is 9.69 Å². The summed E-state index contributed by atoms with van der Waals surface area (Å²) in [6.45, 7) is 6.48. The number of nitrogens with one attached hydrogen (secondary N) is 3. The van der Waals surface area contributed by atoms with Gasteiger partial charge in [-0.2, -0.15) is 0 Å². The lowest BCUT2D eigenvalue weighted by atomic mass is 9.89. The number of carbonyl (C=O) groups excluding carboxylic acids is 2. The van der Waals surface area contributed by atoms with Crippen molar-refractivity contribution < 1.29 is 9.59 Å². The van der Waals surface area contributed by atoms with Gasteiger partial charge in [-0.1, -0.05) is 67.6 Å². The number of aromatic amines is 1. The Kier molecular flexibility index (Phi) is 8.56. The highest BCUT2D eigenvalue weighted by atomic mass is 16.2. The van der Waals surface area contributed by atoms with E-state index in [1.165, 1.54) is 24.0 Å². The highest BCUT2D eigenvalue weighted by Crippen LogP contribution is 2.30. The molecule has 6 rings (SSSR count). The van der Waals surface area contributed by atoms with E-state index >= 15 is 0 Å². The van der Waals surface area contributed by atoms with Gasteiger partial charge in [-0.05, 0) is 79.6 Å². The molecule has 3 aromatic carbocycles. The van der Waals surface area contributed by atoms with Crippen molar-refractivity contribution in [3.05, 3.63) is 102 Å².